The van der Waals surface area contributed by atoms with Crippen LogP contribution in [0.2, 0.25) is 5.15 Å². The SMILES string of the molecule is Cc1cccc2c1C1(NC(=O)c3cn(C)nc3C(F)F)CCC2C1(C)C.Cn1cc(C(=O)NC23CCC(c4cccnc42)C3(C)C)c(C(F)F)n1.Cn1cc(C(=O)NC23CCC(c4cscc42)C3(C)C)c(C(F)F)n1.Cn1ncc(C(=O)NC23CCC(c4cscc42)C3(C)C)c1Cl. The minimum Gasteiger partial charge on any atom is -0.342 e. The number of benzene rings is 1. The molecule has 0 radical (unpaired) electrons. The number of hydrogen-bond donors (Lipinski definition) is 4. The molecule has 8 aromatic rings. The third-order valence-corrected chi connectivity index (χ3v) is 26.2. The minimum atomic E-state index is -2.79. The number of hydrogen-bond acceptors (Lipinski definition) is 11. The Balaban J connectivity index is 0.000000117. The van der Waals surface area contributed by atoms with Gasteiger partial charge in [0.05, 0.1) is 56.3 Å². The number of carbonyl (C=O) groups excluding carboxylic acids is 4. The van der Waals surface area contributed by atoms with Gasteiger partial charge in [-0.1, -0.05) is 91.3 Å². The molecule has 4 fully saturated rings. The first kappa shape index (κ1) is 67.9. The second-order valence-corrected chi connectivity index (χ2v) is 31.7. The van der Waals surface area contributed by atoms with Crippen LogP contribution in [0.5, 0.6) is 0 Å². The number of halogens is 7. The highest BCUT2D eigenvalue weighted by atomic mass is 35.5. The van der Waals surface area contributed by atoms with Gasteiger partial charge < -0.3 is 21.3 Å². The molecule has 0 aliphatic heterocycles. The van der Waals surface area contributed by atoms with Crippen LogP contribution in [0.25, 0.3) is 0 Å². The predicted molar refractivity (Wildman–Crippen MR) is 356 cm³/mol. The van der Waals surface area contributed by atoms with Crippen LogP contribution in [0.15, 0.2) is 82.8 Å². The van der Waals surface area contributed by atoms with E-state index in [1.54, 1.807) is 50.0 Å². The zero-order valence-electron chi connectivity index (χ0n) is 56.4. The largest absolute Gasteiger partial charge is 0.342 e. The maximum absolute atomic E-state index is 13.3. The molecule has 8 aliphatic rings. The lowest BCUT2D eigenvalue weighted by molar-refractivity contribution is 0.0787. The van der Waals surface area contributed by atoms with Crippen LogP contribution in [-0.2, 0) is 50.3 Å². The lowest BCUT2D eigenvalue weighted by Crippen LogP contribution is -2.51. The smallest absolute Gasteiger partial charge is 0.282 e. The van der Waals surface area contributed by atoms with Crippen molar-refractivity contribution in [1.29, 1.82) is 0 Å². The molecule has 8 unspecified atom stereocenters. The molecule has 17 nitrogen and oxygen atoms in total. The van der Waals surface area contributed by atoms with E-state index in [2.05, 4.69) is 155 Å². The average molecular weight is 1390 g/mol. The van der Waals surface area contributed by atoms with Gasteiger partial charge in [-0.15, -0.1) is 0 Å². The van der Waals surface area contributed by atoms with Gasteiger partial charge in [-0.25, -0.2) is 26.3 Å². The van der Waals surface area contributed by atoms with E-state index >= 15 is 0 Å². The zero-order valence-corrected chi connectivity index (χ0v) is 58.8. The normalized spacial score (nSPS) is 26.5. The summed E-state index contributed by atoms with van der Waals surface area (Å²) in [4.78, 5) is 56.1. The van der Waals surface area contributed by atoms with Crippen LogP contribution in [0.4, 0.5) is 26.3 Å². The molecule has 4 saturated carbocycles. The summed E-state index contributed by atoms with van der Waals surface area (Å²) in [7, 11) is 6.36. The number of alkyl halides is 6. The molecule has 97 heavy (non-hydrogen) atoms. The molecule has 0 saturated heterocycles. The van der Waals surface area contributed by atoms with Gasteiger partial charge in [0.2, 0.25) is 0 Å². The van der Waals surface area contributed by atoms with E-state index in [1.165, 1.54) is 72.8 Å². The molecular weight excluding hydrogens is 1310 g/mol. The summed E-state index contributed by atoms with van der Waals surface area (Å²) in [6.07, 6.45) is 6.46. The quantitative estimate of drug-likeness (QED) is 0.0910. The Morgan fingerprint density at radius 2 is 0.876 bits per heavy atom. The maximum Gasteiger partial charge on any atom is 0.282 e. The molecule has 8 aliphatic carbocycles. The Hall–Kier alpha value is -7.64. The highest BCUT2D eigenvalue weighted by Crippen LogP contribution is 2.71. The Morgan fingerprint density at radius 1 is 0.505 bits per heavy atom. The summed E-state index contributed by atoms with van der Waals surface area (Å²) in [5.74, 6) is 0.00739. The molecule has 7 heterocycles. The summed E-state index contributed by atoms with van der Waals surface area (Å²) in [5, 5.41) is 37.1. The fourth-order valence-corrected chi connectivity index (χ4v) is 21.3. The van der Waals surface area contributed by atoms with Crippen molar-refractivity contribution in [3.05, 3.63) is 178 Å². The van der Waals surface area contributed by atoms with E-state index in [1.807, 2.05) is 6.07 Å². The van der Waals surface area contributed by atoms with Crippen LogP contribution in [-0.4, -0.2) is 67.7 Å². The molecule has 16 rings (SSSR count). The van der Waals surface area contributed by atoms with Gasteiger partial charge in [0.1, 0.15) is 22.2 Å². The summed E-state index contributed by atoms with van der Waals surface area (Å²) in [5.41, 5.74) is 7.20. The molecule has 8 bridgehead atoms. The predicted octanol–water partition coefficient (Wildman–Crippen LogP) is 15.1. The Kier molecular flexibility index (Phi) is 16.5. The highest BCUT2D eigenvalue weighted by molar-refractivity contribution is 7.08. The van der Waals surface area contributed by atoms with Crippen molar-refractivity contribution >= 4 is 57.9 Å². The first-order chi connectivity index (χ1) is 45.6. The number of amides is 4. The van der Waals surface area contributed by atoms with Crippen molar-refractivity contribution in [2.45, 2.75) is 179 Å². The molecule has 8 atom stereocenters. The van der Waals surface area contributed by atoms with Gasteiger partial charge in [0.25, 0.3) is 42.9 Å². The standard InChI is InChI=1S/C20H23F2N3O.C18H20F2N4O.C17H19F2N3OS.C16H18ClN3OS/c1-11-6-5-7-12-14-8-9-20(15(11)12,19(14,2)3)23-18(26)13-10-25(4)24-16(13)17(21)22;1-17(2)12-6-7-18(17,14-10(12)5-4-8-21-14)22-16(25)11-9-24(3)23-13(11)15(19)20;1-16(2)11-4-5-17(16,12-8-24-7-10(11)12)20-15(23)9-6-22(3)21-13(9)14(18)19;1-15(2)11-4-5-16(15,12-8-22-7-10(11)12)19-14(21)9-6-18-20(3)13(9)17/h5-7,10,14,17H,8-9H2,1-4H3,(H,23,26);4-5,8-9,12,15H,6-7H2,1-3H3,(H,22,25);6-8,11,14H,4-5H2,1-3H3,(H,20,23);6-8,11H,4-5H2,1-3H3,(H,19,21). The molecule has 514 valence electrons. The number of rotatable bonds is 11. The van der Waals surface area contributed by atoms with Gasteiger partial charge in [-0.2, -0.15) is 43.1 Å². The maximum atomic E-state index is 13.3. The number of aryl methyl sites for hydroxylation is 5. The fraction of sp³-hybridized carbons (Fsp3) is 0.507. The highest BCUT2D eigenvalue weighted by Gasteiger charge is 2.67. The third kappa shape index (κ3) is 9.87. The van der Waals surface area contributed by atoms with Crippen LogP contribution < -0.4 is 21.3 Å². The Labute approximate surface area is 571 Å². The first-order valence-electron chi connectivity index (χ1n) is 32.7. The number of thiophene rings is 2. The monoisotopic (exact) mass is 1390 g/mol. The minimum absolute atomic E-state index is 0.0238. The number of nitrogens with one attached hydrogen (secondary N) is 4. The number of aromatic nitrogens is 9. The van der Waals surface area contributed by atoms with E-state index in [4.69, 9.17) is 11.6 Å². The van der Waals surface area contributed by atoms with Gasteiger partial charge in [-0.3, -0.25) is 42.9 Å². The van der Waals surface area contributed by atoms with Crippen molar-refractivity contribution in [2.24, 2.45) is 49.9 Å². The number of pyridine rings is 1. The van der Waals surface area contributed by atoms with Crippen molar-refractivity contribution in [3.63, 3.8) is 0 Å². The topological polar surface area (TPSA) is 201 Å². The summed E-state index contributed by atoms with van der Waals surface area (Å²) < 4.78 is 84.7. The lowest BCUT2D eigenvalue weighted by atomic mass is 9.73. The van der Waals surface area contributed by atoms with Gasteiger partial charge >= 0.3 is 0 Å². The molecule has 0 spiro atoms. The summed E-state index contributed by atoms with van der Waals surface area (Å²) in [6.45, 7) is 19.5. The zero-order chi connectivity index (χ0) is 69.8. The van der Waals surface area contributed by atoms with Crippen LogP contribution >= 0.6 is 34.3 Å². The van der Waals surface area contributed by atoms with Crippen molar-refractivity contribution in [1.82, 2.24) is 65.4 Å². The summed E-state index contributed by atoms with van der Waals surface area (Å²) >= 11 is 9.54. The van der Waals surface area contributed by atoms with E-state index < -0.39 is 70.7 Å². The summed E-state index contributed by atoms with van der Waals surface area (Å²) in [6, 6.07) is 10.2. The van der Waals surface area contributed by atoms with E-state index in [-0.39, 0.29) is 49.8 Å². The second kappa shape index (κ2) is 23.5. The molecular formula is C71H80ClF6N13O4S2. The number of carbonyl (C=O) groups is 4. The third-order valence-electron chi connectivity index (χ3n) is 24.2. The van der Waals surface area contributed by atoms with Crippen molar-refractivity contribution < 1.29 is 45.5 Å². The first-order valence-corrected chi connectivity index (χ1v) is 35.0. The Bertz CT molecular complexity index is 4490. The van der Waals surface area contributed by atoms with E-state index in [0.717, 1.165) is 79.3 Å². The van der Waals surface area contributed by atoms with Gasteiger partial charge in [-0.05, 0) is 170 Å². The molecule has 1 aromatic carbocycles. The molecule has 4 amide bonds. The molecule has 26 heteroatoms. The van der Waals surface area contributed by atoms with Crippen molar-refractivity contribution in [2.75, 3.05) is 0 Å². The lowest BCUT2D eigenvalue weighted by Gasteiger charge is -2.40. The van der Waals surface area contributed by atoms with Gasteiger partial charge in [0, 0.05) is 58.4 Å². The van der Waals surface area contributed by atoms with Crippen LogP contribution in [0.3, 0.4) is 0 Å². The second-order valence-electron chi connectivity index (χ2n) is 29.8. The van der Waals surface area contributed by atoms with Crippen LogP contribution in [0.1, 0.15) is 258 Å². The van der Waals surface area contributed by atoms with Gasteiger partial charge in [0.15, 0.2) is 0 Å². The fourth-order valence-electron chi connectivity index (χ4n) is 19.1. The average Bonchev–Trinajstić information content (AvgIpc) is 1.55. The number of fused-ring (bicyclic) bond motifs is 20. The number of nitrogens with zero attached hydrogens (tertiary/aromatic N) is 9. The van der Waals surface area contributed by atoms with Crippen LogP contribution in [0, 0.1) is 28.6 Å². The van der Waals surface area contributed by atoms with E-state index in [0.29, 0.717) is 34.4 Å². The van der Waals surface area contributed by atoms with Crippen molar-refractivity contribution in [3.8, 4) is 0 Å². The Morgan fingerprint density at radius 3 is 1.32 bits per heavy atom. The van der Waals surface area contributed by atoms with E-state index in [9.17, 15) is 45.5 Å². The molecule has 7 aromatic heterocycles. The molecule has 4 N–H and O–H groups in total.